The molecule has 0 spiro atoms. The number of piperazine rings is 1. The van der Waals surface area contributed by atoms with Gasteiger partial charge in [0.25, 0.3) is 0 Å². The molecular formula is C15H21BrN2O. The number of nitrogens with zero attached hydrogens (tertiary/aromatic N) is 2. The van der Waals surface area contributed by atoms with Crippen molar-refractivity contribution in [1.29, 1.82) is 0 Å². The van der Waals surface area contributed by atoms with Crippen molar-refractivity contribution >= 4 is 21.6 Å². The fourth-order valence-electron chi connectivity index (χ4n) is 2.84. The maximum Gasteiger partial charge on any atom is 0.0772 e. The topological polar surface area (TPSA) is 26.7 Å². The van der Waals surface area contributed by atoms with Crippen molar-refractivity contribution in [2.75, 3.05) is 31.1 Å². The minimum Gasteiger partial charge on any atom is -0.389 e. The van der Waals surface area contributed by atoms with Gasteiger partial charge in [0.05, 0.1) is 6.10 Å². The second kappa shape index (κ2) is 5.43. The van der Waals surface area contributed by atoms with Crippen LogP contribution >= 0.6 is 15.9 Å². The molecule has 1 unspecified atom stereocenters. The van der Waals surface area contributed by atoms with E-state index in [0.29, 0.717) is 0 Å². The Morgan fingerprint density at radius 2 is 1.89 bits per heavy atom. The average Bonchev–Trinajstić information content (AvgIpc) is 3.22. The van der Waals surface area contributed by atoms with E-state index in [0.717, 1.165) is 29.2 Å². The molecule has 19 heavy (non-hydrogen) atoms. The Bertz CT molecular complexity index is 451. The first-order chi connectivity index (χ1) is 9.15. The molecule has 1 aromatic rings. The van der Waals surface area contributed by atoms with Crippen LogP contribution < -0.4 is 4.90 Å². The quantitative estimate of drug-likeness (QED) is 0.926. The molecule has 2 fully saturated rings. The largest absolute Gasteiger partial charge is 0.389 e. The molecule has 2 aliphatic rings. The van der Waals surface area contributed by atoms with Gasteiger partial charge in [0.1, 0.15) is 0 Å². The highest BCUT2D eigenvalue weighted by molar-refractivity contribution is 9.10. The van der Waals surface area contributed by atoms with E-state index in [1.54, 1.807) is 6.92 Å². The van der Waals surface area contributed by atoms with Crippen LogP contribution in [-0.2, 0) is 0 Å². The lowest BCUT2D eigenvalue weighted by Gasteiger charge is -2.36. The normalized spacial score (nSPS) is 22.6. The zero-order chi connectivity index (χ0) is 13.4. The third-order valence-corrected chi connectivity index (χ3v) is 4.86. The lowest BCUT2D eigenvalue weighted by Crippen LogP contribution is -2.47. The van der Waals surface area contributed by atoms with Crippen LogP contribution in [0.4, 0.5) is 5.69 Å². The number of benzene rings is 1. The predicted molar refractivity (Wildman–Crippen MR) is 81.6 cm³/mol. The maximum atomic E-state index is 9.66. The van der Waals surface area contributed by atoms with Crippen LogP contribution in [0.15, 0.2) is 22.7 Å². The van der Waals surface area contributed by atoms with E-state index in [2.05, 4.69) is 37.9 Å². The summed E-state index contributed by atoms with van der Waals surface area (Å²) in [6.45, 7) is 6.38. The van der Waals surface area contributed by atoms with Gasteiger partial charge in [-0.2, -0.15) is 0 Å². The minimum atomic E-state index is -0.421. The zero-order valence-electron chi connectivity index (χ0n) is 11.3. The Morgan fingerprint density at radius 3 is 2.42 bits per heavy atom. The van der Waals surface area contributed by atoms with E-state index >= 15 is 0 Å². The summed E-state index contributed by atoms with van der Waals surface area (Å²) in [4.78, 5) is 5.06. The van der Waals surface area contributed by atoms with Crippen LogP contribution in [0, 0.1) is 0 Å². The average molecular weight is 325 g/mol. The van der Waals surface area contributed by atoms with Crippen molar-refractivity contribution in [1.82, 2.24) is 4.90 Å². The van der Waals surface area contributed by atoms with Gasteiger partial charge in [-0.3, -0.25) is 4.90 Å². The van der Waals surface area contributed by atoms with Crippen LogP contribution in [0.1, 0.15) is 31.4 Å². The second-order valence-electron chi connectivity index (χ2n) is 5.64. The number of hydrogen-bond donors (Lipinski definition) is 1. The Kier molecular flexibility index (Phi) is 3.83. The van der Waals surface area contributed by atoms with E-state index in [1.165, 1.54) is 31.6 Å². The van der Waals surface area contributed by atoms with Gasteiger partial charge in [-0.1, -0.05) is 22.0 Å². The number of aliphatic hydroxyl groups excluding tert-OH is 1. The monoisotopic (exact) mass is 324 g/mol. The van der Waals surface area contributed by atoms with Crippen molar-refractivity contribution in [3.05, 3.63) is 28.2 Å². The first kappa shape index (κ1) is 13.4. The van der Waals surface area contributed by atoms with E-state index in [1.807, 2.05) is 6.07 Å². The Morgan fingerprint density at radius 1 is 1.21 bits per heavy atom. The summed E-state index contributed by atoms with van der Waals surface area (Å²) < 4.78 is 1.00. The third kappa shape index (κ3) is 2.96. The van der Waals surface area contributed by atoms with Gasteiger partial charge in [-0.15, -0.1) is 0 Å². The number of hydrogen-bond acceptors (Lipinski definition) is 3. The fraction of sp³-hybridized carbons (Fsp3) is 0.600. The molecule has 0 radical (unpaired) electrons. The molecule has 0 bridgehead atoms. The Labute approximate surface area is 123 Å². The molecule has 1 aliphatic carbocycles. The van der Waals surface area contributed by atoms with Gasteiger partial charge in [-0.25, -0.2) is 0 Å². The molecule has 104 valence electrons. The number of anilines is 1. The predicted octanol–water partition coefficient (Wildman–Crippen LogP) is 2.79. The summed E-state index contributed by atoms with van der Waals surface area (Å²) in [5.41, 5.74) is 2.21. The van der Waals surface area contributed by atoms with E-state index < -0.39 is 6.10 Å². The third-order valence-electron chi connectivity index (χ3n) is 4.18. The standard InChI is InChI=1S/C15H21BrN2O/c1-11(19)14-5-4-13(10-15(14)16)18-8-6-17(7-9-18)12-2-3-12/h4-5,10-12,19H,2-3,6-9H2,1H3. The van der Waals surface area contributed by atoms with Gasteiger partial charge in [0.15, 0.2) is 0 Å². The lowest BCUT2D eigenvalue weighted by molar-refractivity contribution is 0.198. The molecule has 4 heteroatoms. The zero-order valence-corrected chi connectivity index (χ0v) is 12.9. The Hall–Kier alpha value is -0.580. The van der Waals surface area contributed by atoms with Gasteiger partial charge >= 0.3 is 0 Å². The smallest absolute Gasteiger partial charge is 0.0772 e. The summed E-state index contributed by atoms with van der Waals surface area (Å²) in [6.07, 6.45) is 2.37. The maximum absolute atomic E-state index is 9.66. The van der Waals surface area contributed by atoms with Crippen LogP contribution in [0.5, 0.6) is 0 Å². The minimum absolute atomic E-state index is 0.421. The van der Waals surface area contributed by atoms with E-state index in [9.17, 15) is 5.11 Å². The number of aliphatic hydroxyl groups is 1. The molecule has 1 aliphatic heterocycles. The van der Waals surface area contributed by atoms with Crippen molar-refractivity contribution in [2.24, 2.45) is 0 Å². The van der Waals surface area contributed by atoms with Crippen LogP contribution in [0.25, 0.3) is 0 Å². The van der Waals surface area contributed by atoms with E-state index in [-0.39, 0.29) is 0 Å². The summed E-state index contributed by atoms with van der Waals surface area (Å²) in [7, 11) is 0. The highest BCUT2D eigenvalue weighted by Crippen LogP contribution is 2.31. The molecule has 1 atom stereocenters. The summed E-state index contributed by atoms with van der Waals surface area (Å²) in [6, 6.07) is 7.16. The molecule has 3 nitrogen and oxygen atoms in total. The van der Waals surface area contributed by atoms with Gasteiger partial charge < -0.3 is 10.0 Å². The highest BCUT2D eigenvalue weighted by Gasteiger charge is 2.31. The number of rotatable bonds is 3. The van der Waals surface area contributed by atoms with Crippen LogP contribution in [-0.4, -0.2) is 42.2 Å². The first-order valence-corrected chi connectivity index (χ1v) is 7.91. The Balaban J connectivity index is 1.67. The summed E-state index contributed by atoms with van der Waals surface area (Å²) in [5.74, 6) is 0. The molecule has 0 aromatic heterocycles. The molecule has 1 aromatic carbocycles. The van der Waals surface area contributed by atoms with Crippen molar-refractivity contribution < 1.29 is 5.11 Å². The van der Waals surface area contributed by atoms with Crippen molar-refractivity contribution in [2.45, 2.75) is 31.9 Å². The molecule has 1 saturated carbocycles. The molecule has 1 saturated heterocycles. The second-order valence-corrected chi connectivity index (χ2v) is 6.49. The van der Waals surface area contributed by atoms with Crippen LogP contribution in [0.3, 0.4) is 0 Å². The summed E-state index contributed by atoms with van der Waals surface area (Å²) in [5, 5.41) is 9.66. The lowest BCUT2D eigenvalue weighted by atomic mass is 10.1. The fourth-order valence-corrected chi connectivity index (χ4v) is 3.53. The molecular weight excluding hydrogens is 304 g/mol. The SMILES string of the molecule is CC(O)c1ccc(N2CCN(C3CC3)CC2)cc1Br. The molecule has 0 amide bonds. The van der Waals surface area contributed by atoms with Crippen molar-refractivity contribution in [3.63, 3.8) is 0 Å². The number of halogens is 1. The molecule has 1 N–H and O–H groups in total. The van der Waals surface area contributed by atoms with E-state index in [4.69, 9.17) is 0 Å². The summed E-state index contributed by atoms with van der Waals surface area (Å²) >= 11 is 3.56. The van der Waals surface area contributed by atoms with Gasteiger partial charge in [-0.05, 0) is 37.5 Å². The molecule has 1 heterocycles. The first-order valence-electron chi connectivity index (χ1n) is 7.11. The van der Waals surface area contributed by atoms with Crippen molar-refractivity contribution in [3.8, 4) is 0 Å². The van der Waals surface area contributed by atoms with Gasteiger partial charge in [0.2, 0.25) is 0 Å². The molecule has 3 rings (SSSR count). The van der Waals surface area contributed by atoms with Crippen LogP contribution in [0.2, 0.25) is 0 Å². The van der Waals surface area contributed by atoms with Gasteiger partial charge in [0, 0.05) is 42.4 Å². The highest BCUT2D eigenvalue weighted by atomic mass is 79.9.